The molecular weight excluding hydrogens is 276 g/mol. The molecule has 2 amide bonds. The van der Waals surface area contributed by atoms with E-state index in [1.807, 2.05) is 4.90 Å². The minimum absolute atomic E-state index is 0.0444. The third-order valence-electron chi connectivity index (χ3n) is 4.28. The van der Waals surface area contributed by atoms with Gasteiger partial charge in [-0.2, -0.15) is 0 Å². The second-order valence-corrected chi connectivity index (χ2v) is 5.94. The third-order valence-corrected chi connectivity index (χ3v) is 4.28. The zero-order valence-electron chi connectivity index (χ0n) is 12.8. The minimum atomic E-state index is 0.0444. The normalized spacial score (nSPS) is 19.6. The van der Waals surface area contributed by atoms with Crippen LogP contribution in [0.3, 0.4) is 0 Å². The van der Waals surface area contributed by atoms with E-state index in [9.17, 15) is 4.79 Å². The minimum Gasteiger partial charge on any atom is -0.336 e. The fraction of sp³-hybridized carbons (Fsp3) is 0.471. The van der Waals surface area contributed by atoms with E-state index >= 15 is 0 Å². The molecule has 2 fully saturated rings. The summed E-state index contributed by atoms with van der Waals surface area (Å²) in [5.74, 6) is 0. The SMILES string of the molecule is O=C1NCCN1C/C=C/CCNNC1(c2ccccc2)CC1. The highest BCUT2D eigenvalue weighted by Crippen LogP contribution is 2.44. The number of benzene rings is 1. The van der Waals surface area contributed by atoms with Gasteiger partial charge in [-0.3, -0.25) is 5.43 Å². The largest absolute Gasteiger partial charge is 0.336 e. The van der Waals surface area contributed by atoms with Gasteiger partial charge in [0.05, 0.1) is 5.54 Å². The van der Waals surface area contributed by atoms with E-state index in [4.69, 9.17) is 0 Å². The maximum atomic E-state index is 11.4. The summed E-state index contributed by atoms with van der Waals surface area (Å²) in [4.78, 5) is 13.2. The maximum absolute atomic E-state index is 11.4. The number of rotatable bonds is 8. The van der Waals surface area contributed by atoms with Crippen molar-refractivity contribution in [3.05, 3.63) is 48.0 Å². The molecule has 1 saturated heterocycles. The lowest BCUT2D eigenvalue weighted by Crippen LogP contribution is -2.41. The zero-order valence-corrected chi connectivity index (χ0v) is 12.8. The number of hydrogen-bond acceptors (Lipinski definition) is 3. The molecule has 0 radical (unpaired) electrons. The Hall–Kier alpha value is -1.85. The molecule has 1 aromatic carbocycles. The van der Waals surface area contributed by atoms with E-state index < -0.39 is 0 Å². The molecular formula is C17H24N4O. The Bertz CT molecular complexity index is 525. The first kappa shape index (κ1) is 15.1. The zero-order chi connectivity index (χ0) is 15.3. The molecule has 3 rings (SSSR count). The van der Waals surface area contributed by atoms with Crippen LogP contribution in [-0.4, -0.2) is 37.1 Å². The molecule has 0 bridgehead atoms. The van der Waals surface area contributed by atoms with E-state index in [2.05, 4.69) is 58.7 Å². The lowest BCUT2D eigenvalue weighted by atomic mass is 10.1. The first-order valence-corrected chi connectivity index (χ1v) is 8.03. The van der Waals surface area contributed by atoms with E-state index in [-0.39, 0.29) is 11.6 Å². The Kier molecular flexibility index (Phi) is 4.75. The Morgan fingerprint density at radius 3 is 2.73 bits per heavy atom. The molecule has 0 aromatic heterocycles. The van der Waals surface area contributed by atoms with Crippen molar-refractivity contribution in [2.24, 2.45) is 0 Å². The smallest absolute Gasteiger partial charge is 0.317 e. The monoisotopic (exact) mass is 300 g/mol. The van der Waals surface area contributed by atoms with Crippen molar-refractivity contribution in [1.29, 1.82) is 0 Å². The lowest BCUT2D eigenvalue weighted by Gasteiger charge is -2.18. The van der Waals surface area contributed by atoms with E-state index in [0.717, 1.165) is 26.1 Å². The number of nitrogens with zero attached hydrogens (tertiary/aromatic N) is 1. The Morgan fingerprint density at radius 2 is 2.05 bits per heavy atom. The summed E-state index contributed by atoms with van der Waals surface area (Å²) >= 11 is 0. The number of carbonyl (C=O) groups excluding carboxylic acids is 1. The van der Waals surface area contributed by atoms with Gasteiger partial charge in [0.15, 0.2) is 0 Å². The van der Waals surface area contributed by atoms with Crippen LogP contribution in [0.15, 0.2) is 42.5 Å². The molecule has 5 heteroatoms. The van der Waals surface area contributed by atoms with Crippen LogP contribution < -0.4 is 16.2 Å². The van der Waals surface area contributed by atoms with Crippen molar-refractivity contribution in [3.8, 4) is 0 Å². The van der Waals surface area contributed by atoms with Crippen LogP contribution in [-0.2, 0) is 5.54 Å². The standard InChI is InChI=1S/C17H24N4O/c22-16-18-12-14-21(16)13-6-2-5-11-19-20-17(9-10-17)15-7-3-1-4-8-15/h1-4,6-8,19-20H,5,9-14H2,(H,18,22)/b6-2+. The van der Waals surface area contributed by atoms with Gasteiger partial charge in [0.1, 0.15) is 0 Å². The van der Waals surface area contributed by atoms with Crippen LogP contribution in [0.5, 0.6) is 0 Å². The van der Waals surface area contributed by atoms with Crippen molar-refractivity contribution >= 4 is 6.03 Å². The van der Waals surface area contributed by atoms with Crippen LogP contribution in [0.2, 0.25) is 0 Å². The van der Waals surface area contributed by atoms with Gasteiger partial charge < -0.3 is 10.2 Å². The van der Waals surface area contributed by atoms with Gasteiger partial charge in [-0.25, -0.2) is 10.2 Å². The highest BCUT2D eigenvalue weighted by molar-refractivity contribution is 5.76. The summed E-state index contributed by atoms with van der Waals surface area (Å²) in [6.07, 6.45) is 7.51. The molecule has 3 N–H and O–H groups in total. The molecule has 1 aliphatic carbocycles. The highest BCUT2D eigenvalue weighted by atomic mass is 16.2. The average Bonchev–Trinajstić information content (AvgIpc) is 3.24. The predicted octanol–water partition coefficient (Wildman–Crippen LogP) is 1.74. The predicted molar refractivity (Wildman–Crippen MR) is 87.2 cm³/mol. The second-order valence-electron chi connectivity index (χ2n) is 5.94. The highest BCUT2D eigenvalue weighted by Gasteiger charge is 2.43. The van der Waals surface area contributed by atoms with Gasteiger partial charge in [0.25, 0.3) is 0 Å². The van der Waals surface area contributed by atoms with Crippen LogP contribution in [0, 0.1) is 0 Å². The van der Waals surface area contributed by atoms with Gasteiger partial charge in [-0.05, 0) is 24.8 Å². The van der Waals surface area contributed by atoms with Gasteiger partial charge in [0, 0.05) is 26.2 Å². The van der Waals surface area contributed by atoms with E-state index in [1.165, 1.54) is 18.4 Å². The molecule has 22 heavy (non-hydrogen) atoms. The van der Waals surface area contributed by atoms with Crippen molar-refractivity contribution in [1.82, 2.24) is 21.1 Å². The van der Waals surface area contributed by atoms with E-state index in [0.29, 0.717) is 6.54 Å². The number of hydrazine groups is 1. The summed E-state index contributed by atoms with van der Waals surface area (Å²) in [5.41, 5.74) is 8.29. The quantitative estimate of drug-likeness (QED) is 0.389. The summed E-state index contributed by atoms with van der Waals surface area (Å²) in [6.45, 7) is 3.16. The summed E-state index contributed by atoms with van der Waals surface area (Å²) in [7, 11) is 0. The molecule has 118 valence electrons. The number of nitrogens with one attached hydrogen (secondary N) is 3. The Balaban J connectivity index is 1.32. The van der Waals surface area contributed by atoms with Gasteiger partial charge in [-0.1, -0.05) is 42.5 Å². The van der Waals surface area contributed by atoms with Gasteiger partial charge in [-0.15, -0.1) is 0 Å². The molecule has 0 unspecified atom stereocenters. The van der Waals surface area contributed by atoms with Gasteiger partial charge in [0.2, 0.25) is 0 Å². The molecule has 1 heterocycles. The number of carbonyl (C=O) groups is 1. The molecule has 1 aromatic rings. The molecule has 0 spiro atoms. The molecule has 0 atom stereocenters. The van der Waals surface area contributed by atoms with Crippen molar-refractivity contribution in [3.63, 3.8) is 0 Å². The Morgan fingerprint density at radius 1 is 1.23 bits per heavy atom. The van der Waals surface area contributed by atoms with Crippen molar-refractivity contribution in [2.45, 2.75) is 24.8 Å². The fourth-order valence-corrected chi connectivity index (χ4v) is 2.76. The summed E-state index contributed by atoms with van der Waals surface area (Å²) in [6, 6.07) is 10.6. The molecule has 1 aliphatic heterocycles. The van der Waals surface area contributed by atoms with Crippen LogP contribution in [0.25, 0.3) is 0 Å². The first-order valence-electron chi connectivity index (χ1n) is 8.03. The second kappa shape index (κ2) is 6.94. The summed E-state index contributed by atoms with van der Waals surface area (Å²) < 4.78 is 0. The third kappa shape index (κ3) is 3.67. The molecule has 5 nitrogen and oxygen atoms in total. The summed E-state index contributed by atoms with van der Waals surface area (Å²) in [5, 5.41) is 2.80. The van der Waals surface area contributed by atoms with Crippen molar-refractivity contribution < 1.29 is 4.79 Å². The van der Waals surface area contributed by atoms with Crippen LogP contribution in [0.4, 0.5) is 4.79 Å². The average molecular weight is 300 g/mol. The number of urea groups is 1. The molecule has 1 saturated carbocycles. The maximum Gasteiger partial charge on any atom is 0.317 e. The number of amides is 2. The lowest BCUT2D eigenvalue weighted by molar-refractivity contribution is 0.221. The molecule has 2 aliphatic rings. The fourth-order valence-electron chi connectivity index (χ4n) is 2.76. The van der Waals surface area contributed by atoms with Gasteiger partial charge >= 0.3 is 6.03 Å². The number of hydrogen-bond donors (Lipinski definition) is 3. The first-order chi connectivity index (χ1) is 10.8. The van der Waals surface area contributed by atoms with Crippen LogP contribution >= 0.6 is 0 Å². The Labute approximate surface area is 131 Å². The van der Waals surface area contributed by atoms with Crippen LogP contribution in [0.1, 0.15) is 24.8 Å². The van der Waals surface area contributed by atoms with E-state index in [1.54, 1.807) is 0 Å². The topological polar surface area (TPSA) is 56.4 Å². The van der Waals surface area contributed by atoms with Crippen molar-refractivity contribution in [2.75, 3.05) is 26.2 Å².